The van der Waals surface area contributed by atoms with Crippen LogP contribution < -0.4 is 0 Å². The maximum Gasteiger partial charge on any atom is 0.204 e. The van der Waals surface area contributed by atoms with Crippen LogP contribution in [-0.2, 0) is 15.6 Å². The second-order valence-electron chi connectivity index (χ2n) is 4.26. The Morgan fingerprint density at radius 3 is 2.53 bits per heavy atom. The van der Waals surface area contributed by atoms with Gasteiger partial charge in [-0.3, -0.25) is 0 Å². The van der Waals surface area contributed by atoms with Crippen molar-refractivity contribution in [1.29, 1.82) is 0 Å². The molecule has 1 aromatic heterocycles. The molecule has 0 saturated heterocycles. The number of benzene rings is 1. The van der Waals surface area contributed by atoms with E-state index in [2.05, 4.69) is 4.98 Å². The van der Waals surface area contributed by atoms with Crippen molar-refractivity contribution in [3.05, 3.63) is 41.6 Å². The lowest BCUT2D eigenvalue weighted by molar-refractivity contribution is 0.489. The zero-order chi connectivity index (χ0) is 14.0. The minimum absolute atomic E-state index is 0.347. The summed E-state index contributed by atoms with van der Waals surface area (Å²) >= 11 is 1.41. The second-order valence-corrected chi connectivity index (χ2v) is 7.26. The largest absolute Gasteiger partial charge is 0.445 e. The molecule has 6 heteroatoms. The standard InChI is InChI=1S/C13H15NO3S2/c1-9-10(2)17-13(14-9)8-18-11-6-4-5-7-12(11)19(3,15)16/h4-7H,8H2,1-3H3. The highest BCUT2D eigenvalue weighted by Gasteiger charge is 2.14. The van der Waals surface area contributed by atoms with Gasteiger partial charge >= 0.3 is 0 Å². The molecule has 0 saturated carbocycles. The molecule has 2 rings (SSSR count). The van der Waals surface area contributed by atoms with E-state index in [0.29, 0.717) is 16.5 Å². The highest BCUT2D eigenvalue weighted by Crippen LogP contribution is 2.29. The molecule has 1 heterocycles. The first-order valence-electron chi connectivity index (χ1n) is 5.72. The molecule has 0 spiro atoms. The Morgan fingerprint density at radius 1 is 1.26 bits per heavy atom. The van der Waals surface area contributed by atoms with Crippen molar-refractivity contribution < 1.29 is 12.8 Å². The fraction of sp³-hybridized carbons (Fsp3) is 0.308. The number of hydrogen-bond acceptors (Lipinski definition) is 5. The van der Waals surface area contributed by atoms with Crippen LogP contribution in [0.15, 0.2) is 38.5 Å². The van der Waals surface area contributed by atoms with Gasteiger partial charge < -0.3 is 4.42 Å². The SMILES string of the molecule is Cc1nc(CSc2ccccc2S(C)(=O)=O)oc1C. The number of aryl methyl sites for hydroxylation is 2. The number of sulfone groups is 1. The quantitative estimate of drug-likeness (QED) is 0.812. The normalized spacial score (nSPS) is 11.7. The summed E-state index contributed by atoms with van der Waals surface area (Å²) in [7, 11) is -3.21. The van der Waals surface area contributed by atoms with Gasteiger partial charge in [-0.25, -0.2) is 13.4 Å². The van der Waals surface area contributed by atoms with Gasteiger partial charge in [0, 0.05) is 11.2 Å². The van der Waals surface area contributed by atoms with Gasteiger partial charge in [-0.2, -0.15) is 0 Å². The molecular formula is C13H15NO3S2. The van der Waals surface area contributed by atoms with E-state index in [1.165, 1.54) is 18.0 Å². The molecule has 0 unspecified atom stereocenters. The minimum Gasteiger partial charge on any atom is -0.445 e. The molecule has 0 aliphatic rings. The van der Waals surface area contributed by atoms with Gasteiger partial charge in [-0.05, 0) is 26.0 Å². The van der Waals surface area contributed by atoms with E-state index in [1.807, 2.05) is 19.9 Å². The van der Waals surface area contributed by atoms with E-state index in [-0.39, 0.29) is 0 Å². The van der Waals surface area contributed by atoms with E-state index in [9.17, 15) is 8.42 Å². The molecule has 2 aromatic rings. The van der Waals surface area contributed by atoms with Crippen molar-refractivity contribution in [3.63, 3.8) is 0 Å². The van der Waals surface area contributed by atoms with Crippen molar-refractivity contribution in [2.75, 3.05) is 6.26 Å². The average Bonchev–Trinajstić information content (AvgIpc) is 2.65. The summed E-state index contributed by atoms with van der Waals surface area (Å²) in [6.07, 6.45) is 1.21. The van der Waals surface area contributed by atoms with Crippen LogP contribution in [-0.4, -0.2) is 19.7 Å². The highest BCUT2D eigenvalue weighted by molar-refractivity contribution is 7.99. The third-order valence-corrected chi connectivity index (χ3v) is 5.02. The van der Waals surface area contributed by atoms with Gasteiger partial charge in [-0.1, -0.05) is 12.1 Å². The van der Waals surface area contributed by atoms with E-state index >= 15 is 0 Å². The summed E-state index contributed by atoms with van der Waals surface area (Å²) in [5.74, 6) is 1.93. The Morgan fingerprint density at radius 2 is 1.95 bits per heavy atom. The highest BCUT2D eigenvalue weighted by atomic mass is 32.2. The number of hydrogen-bond donors (Lipinski definition) is 0. The second kappa shape index (κ2) is 5.38. The van der Waals surface area contributed by atoms with Gasteiger partial charge in [0.1, 0.15) is 5.76 Å². The summed E-state index contributed by atoms with van der Waals surface area (Å²) in [6.45, 7) is 3.75. The Balaban J connectivity index is 2.21. The zero-order valence-electron chi connectivity index (χ0n) is 11.0. The number of nitrogens with zero attached hydrogens (tertiary/aromatic N) is 1. The Hall–Kier alpha value is -1.27. The molecule has 1 aromatic carbocycles. The van der Waals surface area contributed by atoms with Gasteiger partial charge in [0.05, 0.1) is 16.3 Å². The topological polar surface area (TPSA) is 60.2 Å². The van der Waals surface area contributed by atoms with Crippen molar-refractivity contribution in [3.8, 4) is 0 Å². The summed E-state index contributed by atoms with van der Waals surface area (Å²) in [5.41, 5.74) is 0.868. The molecule has 0 bridgehead atoms. The van der Waals surface area contributed by atoms with E-state index in [4.69, 9.17) is 4.42 Å². The summed E-state index contributed by atoms with van der Waals surface area (Å²) in [4.78, 5) is 5.35. The molecular weight excluding hydrogens is 282 g/mol. The summed E-state index contributed by atoms with van der Waals surface area (Å²) < 4.78 is 28.8. The van der Waals surface area contributed by atoms with Crippen molar-refractivity contribution >= 4 is 21.6 Å². The van der Waals surface area contributed by atoms with E-state index in [1.54, 1.807) is 18.2 Å². The fourth-order valence-corrected chi connectivity index (χ4v) is 3.79. The van der Waals surface area contributed by atoms with Crippen LogP contribution >= 0.6 is 11.8 Å². The lowest BCUT2D eigenvalue weighted by atomic mass is 10.4. The smallest absolute Gasteiger partial charge is 0.204 e. The van der Waals surface area contributed by atoms with Crippen LogP contribution in [0.5, 0.6) is 0 Å². The predicted molar refractivity (Wildman–Crippen MR) is 75.1 cm³/mol. The number of rotatable bonds is 4. The molecule has 0 aliphatic heterocycles. The Labute approximate surface area is 117 Å². The number of aromatic nitrogens is 1. The molecule has 0 N–H and O–H groups in total. The van der Waals surface area contributed by atoms with Crippen LogP contribution in [0.3, 0.4) is 0 Å². The minimum atomic E-state index is -3.21. The first kappa shape index (κ1) is 14.1. The van der Waals surface area contributed by atoms with E-state index < -0.39 is 9.84 Å². The maximum atomic E-state index is 11.7. The van der Waals surface area contributed by atoms with E-state index in [0.717, 1.165) is 16.3 Å². The number of thioether (sulfide) groups is 1. The molecule has 0 amide bonds. The Kier molecular flexibility index (Phi) is 4.01. The van der Waals surface area contributed by atoms with Crippen molar-refractivity contribution in [2.24, 2.45) is 0 Å². The van der Waals surface area contributed by atoms with Crippen molar-refractivity contribution in [1.82, 2.24) is 4.98 Å². The van der Waals surface area contributed by atoms with Crippen molar-refractivity contribution in [2.45, 2.75) is 29.4 Å². The molecule has 0 fully saturated rings. The summed E-state index contributed by atoms with van der Waals surface area (Å²) in [5, 5.41) is 0. The first-order chi connectivity index (χ1) is 8.88. The lowest BCUT2D eigenvalue weighted by Crippen LogP contribution is -1.99. The molecule has 102 valence electrons. The molecule has 4 nitrogen and oxygen atoms in total. The third kappa shape index (κ3) is 3.39. The first-order valence-corrected chi connectivity index (χ1v) is 8.60. The fourth-order valence-electron chi connectivity index (χ4n) is 1.62. The van der Waals surface area contributed by atoms with Crippen LogP contribution in [0.25, 0.3) is 0 Å². The molecule has 19 heavy (non-hydrogen) atoms. The van der Waals surface area contributed by atoms with Crippen LogP contribution in [0.1, 0.15) is 17.3 Å². The lowest BCUT2D eigenvalue weighted by Gasteiger charge is -2.05. The maximum absolute atomic E-state index is 11.7. The van der Waals surface area contributed by atoms with Crippen LogP contribution in [0, 0.1) is 13.8 Å². The zero-order valence-corrected chi connectivity index (χ0v) is 12.6. The van der Waals surface area contributed by atoms with Gasteiger partial charge in [0.2, 0.25) is 5.89 Å². The van der Waals surface area contributed by atoms with Crippen LogP contribution in [0.4, 0.5) is 0 Å². The average molecular weight is 297 g/mol. The third-order valence-electron chi connectivity index (χ3n) is 2.67. The van der Waals surface area contributed by atoms with Crippen LogP contribution in [0.2, 0.25) is 0 Å². The van der Waals surface area contributed by atoms with Gasteiger partial charge in [0.25, 0.3) is 0 Å². The number of oxazole rings is 1. The molecule has 0 radical (unpaired) electrons. The van der Waals surface area contributed by atoms with Gasteiger partial charge in [-0.15, -0.1) is 11.8 Å². The molecule has 0 atom stereocenters. The monoisotopic (exact) mass is 297 g/mol. The predicted octanol–water partition coefficient (Wildman–Crippen LogP) is 2.99. The summed E-state index contributed by atoms with van der Waals surface area (Å²) in [6, 6.07) is 6.95. The van der Waals surface area contributed by atoms with Gasteiger partial charge in [0.15, 0.2) is 9.84 Å². The molecule has 0 aliphatic carbocycles. The Bertz CT molecular complexity index is 670.